The molecule has 1 aromatic rings. The van der Waals surface area contributed by atoms with Gasteiger partial charge < -0.3 is 33.5 Å². The average molecular weight is 429 g/mol. The summed E-state index contributed by atoms with van der Waals surface area (Å²) in [5, 5.41) is 8.54. The second-order valence-corrected chi connectivity index (χ2v) is 6.40. The third kappa shape index (κ3) is 15.4. The molecule has 0 aromatic heterocycles. The Morgan fingerprint density at radius 1 is 0.633 bits per heavy atom. The molecule has 0 aliphatic rings. The van der Waals surface area contributed by atoms with E-state index < -0.39 is 0 Å². The Morgan fingerprint density at radius 3 is 1.37 bits per heavy atom. The molecule has 0 bridgehead atoms. The third-order valence-corrected chi connectivity index (χ3v) is 3.99. The van der Waals surface area contributed by atoms with Gasteiger partial charge in [0.25, 0.3) is 0 Å². The van der Waals surface area contributed by atoms with Crippen molar-refractivity contribution in [1.29, 1.82) is 0 Å². The van der Waals surface area contributed by atoms with Crippen molar-refractivity contribution in [2.75, 3.05) is 85.9 Å². The molecule has 30 heavy (non-hydrogen) atoms. The van der Waals surface area contributed by atoms with E-state index in [2.05, 4.69) is 0 Å². The predicted molar refractivity (Wildman–Crippen MR) is 112 cm³/mol. The number of ketones is 1. The molecule has 0 aliphatic heterocycles. The maximum atomic E-state index is 11.2. The van der Waals surface area contributed by atoms with Crippen molar-refractivity contribution in [3.05, 3.63) is 35.4 Å². The Bertz CT molecular complexity index is 520. The first-order chi connectivity index (χ1) is 14.7. The van der Waals surface area contributed by atoms with Crippen LogP contribution >= 0.6 is 0 Å². The van der Waals surface area contributed by atoms with Gasteiger partial charge in [-0.2, -0.15) is 0 Å². The van der Waals surface area contributed by atoms with Crippen LogP contribution < -0.4 is 0 Å². The predicted octanol–water partition coefficient (Wildman–Crippen LogP) is 1.52. The van der Waals surface area contributed by atoms with Gasteiger partial charge >= 0.3 is 0 Å². The monoisotopic (exact) mass is 428 g/mol. The fourth-order valence-electron chi connectivity index (χ4n) is 2.36. The molecular weight excluding hydrogens is 392 g/mol. The van der Waals surface area contributed by atoms with E-state index in [4.69, 9.17) is 33.5 Å². The summed E-state index contributed by atoms with van der Waals surface area (Å²) in [6, 6.07) is 7.61. The molecule has 0 spiro atoms. The fraction of sp³-hybridized carbons (Fsp3) is 0.682. The minimum Gasteiger partial charge on any atom is -0.394 e. The number of hydrogen-bond acceptors (Lipinski definition) is 8. The van der Waals surface area contributed by atoms with E-state index in [9.17, 15) is 4.79 Å². The summed E-state index contributed by atoms with van der Waals surface area (Å²) in [6.07, 6.45) is 0.809. The van der Waals surface area contributed by atoms with E-state index in [1.807, 2.05) is 24.3 Å². The first-order valence-corrected chi connectivity index (χ1v) is 10.4. The number of benzene rings is 1. The molecule has 0 amide bonds. The van der Waals surface area contributed by atoms with Crippen LogP contribution in [0.3, 0.4) is 0 Å². The van der Waals surface area contributed by atoms with Crippen molar-refractivity contribution in [3.8, 4) is 0 Å². The van der Waals surface area contributed by atoms with Gasteiger partial charge in [0.15, 0.2) is 5.78 Å². The van der Waals surface area contributed by atoms with Gasteiger partial charge in [-0.3, -0.25) is 4.79 Å². The number of ether oxygens (including phenoxy) is 6. The Hall–Kier alpha value is -1.39. The number of carbonyl (C=O) groups is 1. The largest absolute Gasteiger partial charge is 0.394 e. The Morgan fingerprint density at radius 2 is 1.00 bits per heavy atom. The summed E-state index contributed by atoms with van der Waals surface area (Å²) in [4.78, 5) is 11.2. The zero-order valence-electron chi connectivity index (χ0n) is 18.0. The van der Waals surface area contributed by atoms with Crippen molar-refractivity contribution in [3.63, 3.8) is 0 Å². The van der Waals surface area contributed by atoms with E-state index in [1.54, 1.807) is 6.92 Å². The molecule has 1 rings (SSSR count). The van der Waals surface area contributed by atoms with E-state index in [1.165, 1.54) is 0 Å². The zero-order chi connectivity index (χ0) is 21.7. The number of Topliss-reactive ketones (excluding diaryl/α,β-unsaturated/α-hetero) is 1. The van der Waals surface area contributed by atoms with Crippen LogP contribution in [0.1, 0.15) is 22.8 Å². The minimum atomic E-state index is 0.0298. The summed E-state index contributed by atoms with van der Waals surface area (Å²) in [5.41, 5.74) is 1.88. The van der Waals surface area contributed by atoms with Crippen molar-refractivity contribution >= 4 is 5.78 Å². The quantitative estimate of drug-likeness (QED) is 0.233. The van der Waals surface area contributed by atoms with Crippen LogP contribution in [0.15, 0.2) is 24.3 Å². The second kappa shape index (κ2) is 19.6. The third-order valence-electron chi connectivity index (χ3n) is 3.99. The molecule has 172 valence electrons. The minimum absolute atomic E-state index is 0.0298. The number of hydrogen-bond donors (Lipinski definition) is 1. The molecule has 8 heteroatoms. The maximum Gasteiger partial charge on any atom is 0.159 e. The first-order valence-electron chi connectivity index (χ1n) is 10.4. The van der Waals surface area contributed by atoms with Gasteiger partial charge in [0, 0.05) is 5.56 Å². The molecule has 0 aliphatic carbocycles. The summed E-state index contributed by atoms with van der Waals surface area (Å²) in [6.45, 7) is 7.69. The van der Waals surface area contributed by atoms with Gasteiger partial charge in [-0.15, -0.1) is 0 Å². The molecule has 1 N–H and O–H groups in total. The molecule has 0 saturated carbocycles. The van der Waals surface area contributed by atoms with Crippen LogP contribution in [0.25, 0.3) is 0 Å². The van der Waals surface area contributed by atoms with E-state index >= 15 is 0 Å². The van der Waals surface area contributed by atoms with Crippen LogP contribution in [-0.4, -0.2) is 96.8 Å². The van der Waals surface area contributed by atoms with Crippen molar-refractivity contribution in [2.24, 2.45) is 0 Å². The number of aliphatic hydroxyl groups excluding tert-OH is 1. The highest BCUT2D eigenvalue weighted by Crippen LogP contribution is 2.06. The molecule has 1 aromatic carbocycles. The highest BCUT2D eigenvalue weighted by atomic mass is 16.6. The Balaban J connectivity index is 1.76. The van der Waals surface area contributed by atoms with E-state index in [-0.39, 0.29) is 12.4 Å². The summed E-state index contributed by atoms with van der Waals surface area (Å²) >= 11 is 0. The zero-order valence-corrected chi connectivity index (χ0v) is 18.0. The standard InChI is InChI=1S/C22H36O8/c1-20(24)22-4-2-21(3-5-22)6-8-25-10-12-27-14-16-29-18-19-30-17-15-28-13-11-26-9-7-23/h2-5,23H,6-19H2,1H3. The number of rotatable bonds is 21. The average Bonchev–Trinajstić information content (AvgIpc) is 2.75. The lowest BCUT2D eigenvalue weighted by molar-refractivity contribution is -0.0180. The first kappa shape index (κ1) is 26.6. The highest BCUT2D eigenvalue weighted by molar-refractivity contribution is 5.93. The Labute approximate surface area is 179 Å². The lowest BCUT2D eigenvalue weighted by Crippen LogP contribution is -2.14. The normalized spacial score (nSPS) is 11.1. The Kier molecular flexibility index (Phi) is 17.4. The van der Waals surface area contributed by atoms with Gasteiger partial charge in [-0.05, 0) is 18.9 Å². The molecule has 0 heterocycles. The van der Waals surface area contributed by atoms with Crippen LogP contribution in [0, 0.1) is 0 Å². The van der Waals surface area contributed by atoms with Gasteiger partial charge in [-0.1, -0.05) is 24.3 Å². The van der Waals surface area contributed by atoms with Gasteiger partial charge in [0.1, 0.15) is 0 Å². The summed E-state index contributed by atoms with van der Waals surface area (Å²) < 4.78 is 32.2. The van der Waals surface area contributed by atoms with Crippen LogP contribution in [0.4, 0.5) is 0 Å². The van der Waals surface area contributed by atoms with Crippen molar-refractivity contribution in [1.82, 2.24) is 0 Å². The molecule has 0 fully saturated rings. The fourth-order valence-corrected chi connectivity index (χ4v) is 2.36. The highest BCUT2D eigenvalue weighted by Gasteiger charge is 1.99. The molecule has 0 radical (unpaired) electrons. The lowest BCUT2D eigenvalue weighted by Gasteiger charge is -2.08. The van der Waals surface area contributed by atoms with Gasteiger partial charge in [-0.25, -0.2) is 0 Å². The van der Waals surface area contributed by atoms with E-state index in [0.717, 1.165) is 17.5 Å². The molecule has 0 saturated heterocycles. The van der Waals surface area contributed by atoms with Crippen molar-refractivity contribution in [2.45, 2.75) is 13.3 Å². The lowest BCUT2D eigenvalue weighted by atomic mass is 10.1. The maximum absolute atomic E-state index is 11.2. The van der Waals surface area contributed by atoms with Crippen LogP contribution in [0.5, 0.6) is 0 Å². The van der Waals surface area contributed by atoms with Gasteiger partial charge in [0.2, 0.25) is 0 Å². The van der Waals surface area contributed by atoms with Crippen LogP contribution in [-0.2, 0) is 34.8 Å². The van der Waals surface area contributed by atoms with E-state index in [0.29, 0.717) is 79.3 Å². The summed E-state index contributed by atoms with van der Waals surface area (Å²) in [5.74, 6) is 0.0779. The number of aliphatic hydroxyl groups is 1. The molecular formula is C22H36O8. The summed E-state index contributed by atoms with van der Waals surface area (Å²) in [7, 11) is 0. The smallest absolute Gasteiger partial charge is 0.159 e. The SMILES string of the molecule is CC(=O)c1ccc(CCOCCOCCOCCOCCOCCOCCO)cc1. The number of carbonyl (C=O) groups excluding carboxylic acids is 1. The van der Waals surface area contributed by atoms with Crippen molar-refractivity contribution < 1.29 is 38.3 Å². The molecule has 8 nitrogen and oxygen atoms in total. The topological polar surface area (TPSA) is 92.7 Å². The van der Waals surface area contributed by atoms with Crippen LogP contribution in [0.2, 0.25) is 0 Å². The van der Waals surface area contributed by atoms with Gasteiger partial charge in [0.05, 0.1) is 85.9 Å². The molecule has 0 atom stereocenters. The second-order valence-electron chi connectivity index (χ2n) is 6.40. The molecule has 0 unspecified atom stereocenters.